The van der Waals surface area contributed by atoms with Gasteiger partial charge in [0.1, 0.15) is 0 Å². The van der Waals surface area contributed by atoms with Crippen molar-refractivity contribution >= 4 is 34.2 Å². The highest BCUT2D eigenvalue weighted by atomic mass is 79.9. The number of rotatable bonds is 6. The Bertz CT molecular complexity index is 393. The lowest BCUT2D eigenvalue weighted by atomic mass is 9.95. The Labute approximate surface area is 130 Å². The van der Waals surface area contributed by atoms with E-state index < -0.39 is 0 Å². The van der Waals surface area contributed by atoms with Crippen molar-refractivity contribution in [2.24, 2.45) is 0 Å². The fourth-order valence-corrected chi connectivity index (χ4v) is 2.10. The van der Waals surface area contributed by atoms with E-state index in [9.17, 15) is 4.79 Å². The molecule has 0 atom stereocenters. The predicted molar refractivity (Wildman–Crippen MR) is 85.9 cm³/mol. The molecule has 1 aromatic carbocycles. The first-order valence-electron chi connectivity index (χ1n) is 6.13. The molecule has 0 aromatic heterocycles. The summed E-state index contributed by atoms with van der Waals surface area (Å²) in [4.78, 5) is 11.7. The summed E-state index contributed by atoms with van der Waals surface area (Å²) in [5.41, 5.74) is 0.996. The molecule has 0 fully saturated rings. The van der Waals surface area contributed by atoms with Crippen molar-refractivity contribution in [2.45, 2.75) is 32.2 Å². The first kappa shape index (κ1) is 18.4. The van der Waals surface area contributed by atoms with Gasteiger partial charge in [-0.25, -0.2) is 0 Å². The molecule has 1 amide bonds. The average Bonchev–Trinajstić information content (AvgIpc) is 2.28. The van der Waals surface area contributed by atoms with Crippen LogP contribution >= 0.6 is 28.3 Å². The van der Waals surface area contributed by atoms with Crippen molar-refractivity contribution in [3.8, 4) is 0 Å². The van der Waals surface area contributed by atoms with Gasteiger partial charge in [-0.05, 0) is 45.0 Å². The number of carbonyl (C=O) groups is 1. The molecule has 1 aromatic rings. The van der Waals surface area contributed by atoms with E-state index in [-0.39, 0.29) is 23.9 Å². The van der Waals surface area contributed by atoms with Crippen LogP contribution in [0.3, 0.4) is 0 Å². The lowest BCUT2D eigenvalue weighted by Crippen LogP contribution is -2.45. The van der Waals surface area contributed by atoms with Gasteiger partial charge in [-0.1, -0.05) is 28.1 Å². The molecule has 0 unspecified atom stereocenters. The minimum Gasteiger partial charge on any atom is -0.351 e. The van der Waals surface area contributed by atoms with E-state index >= 15 is 0 Å². The van der Waals surface area contributed by atoms with E-state index in [2.05, 4.69) is 38.7 Å². The number of carbonyl (C=O) groups excluding carboxylic acids is 1. The van der Waals surface area contributed by atoms with Gasteiger partial charge < -0.3 is 10.6 Å². The summed E-state index contributed by atoms with van der Waals surface area (Å²) in [6.45, 7) is 4.80. The minimum absolute atomic E-state index is 0. The molecule has 108 valence electrons. The number of hydrogen-bond acceptors (Lipinski definition) is 2. The molecular weight excluding hydrogens is 328 g/mol. The zero-order chi connectivity index (χ0) is 13.6. The maximum Gasteiger partial charge on any atom is 0.221 e. The van der Waals surface area contributed by atoms with Gasteiger partial charge in [0.25, 0.3) is 0 Å². The van der Waals surface area contributed by atoms with Crippen LogP contribution in [0.5, 0.6) is 0 Å². The number of benzene rings is 1. The Kier molecular flexibility index (Phi) is 8.30. The van der Waals surface area contributed by atoms with Crippen LogP contribution in [0.4, 0.5) is 0 Å². The predicted octanol–water partition coefficient (Wildman–Crippen LogP) is 2.92. The summed E-state index contributed by atoms with van der Waals surface area (Å²) in [5.74, 6) is 0.0893. The quantitative estimate of drug-likeness (QED) is 0.829. The number of nitrogens with one attached hydrogen (secondary N) is 2. The molecule has 0 saturated carbocycles. The number of amides is 1. The summed E-state index contributed by atoms with van der Waals surface area (Å²) in [6, 6.07) is 8.19. The third-order valence-electron chi connectivity index (χ3n) is 2.64. The maximum atomic E-state index is 11.7. The van der Waals surface area contributed by atoms with Gasteiger partial charge >= 0.3 is 0 Å². The van der Waals surface area contributed by atoms with Crippen molar-refractivity contribution in [3.63, 3.8) is 0 Å². The van der Waals surface area contributed by atoms with E-state index in [1.807, 2.05) is 33.0 Å². The topological polar surface area (TPSA) is 41.1 Å². The monoisotopic (exact) mass is 348 g/mol. The van der Waals surface area contributed by atoms with Crippen molar-refractivity contribution < 1.29 is 4.79 Å². The third kappa shape index (κ3) is 7.55. The van der Waals surface area contributed by atoms with Gasteiger partial charge in [0.05, 0.1) is 0 Å². The van der Waals surface area contributed by atoms with Crippen molar-refractivity contribution in [3.05, 3.63) is 34.3 Å². The number of hydrogen-bond donors (Lipinski definition) is 2. The van der Waals surface area contributed by atoms with Crippen LogP contribution in [0, 0.1) is 0 Å². The zero-order valence-corrected chi connectivity index (χ0v) is 14.0. The molecule has 19 heavy (non-hydrogen) atoms. The van der Waals surface area contributed by atoms with E-state index in [4.69, 9.17) is 0 Å². The van der Waals surface area contributed by atoms with Gasteiger partial charge in [-0.3, -0.25) is 4.79 Å². The van der Waals surface area contributed by atoms with Crippen LogP contribution in [0.2, 0.25) is 0 Å². The lowest BCUT2D eigenvalue weighted by Gasteiger charge is -2.26. The molecule has 0 radical (unpaired) electrons. The van der Waals surface area contributed by atoms with Crippen LogP contribution < -0.4 is 10.6 Å². The molecule has 0 bridgehead atoms. The number of halogens is 2. The fraction of sp³-hybridized carbons (Fsp3) is 0.500. The lowest BCUT2D eigenvalue weighted by molar-refractivity contribution is -0.122. The molecule has 0 spiro atoms. The maximum absolute atomic E-state index is 11.7. The molecule has 3 nitrogen and oxygen atoms in total. The Morgan fingerprint density at radius 3 is 2.37 bits per heavy atom. The summed E-state index contributed by atoms with van der Waals surface area (Å²) in [5, 5.41) is 6.04. The first-order chi connectivity index (χ1) is 8.43. The molecule has 0 saturated heterocycles. The zero-order valence-electron chi connectivity index (χ0n) is 11.6. The Hall–Kier alpha value is -0.580. The molecule has 2 N–H and O–H groups in total. The van der Waals surface area contributed by atoms with Crippen LogP contribution in [0.15, 0.2) is 28.7 Å². The highest BCUT2D eigenvalue weighted by molar-refractivity contribution is 9.10. The van der Waals surface area contributed by atoms with E-state index in [0.29, 0.717) is 13.0 Å². The van der Waals surface area contributed by atoms with Crippen LogP contribution in [-0.4, -0.2) is 25.0 Å². The normalized spacial score (nSPS) is 10.7. The standard InChI is InChI=1S/C14H21BrN2O.ClH/c1-14(2,17-13(18)8-9-16-3)10-11-4-6-12(15)7-5-11;/h4-7,16H,8-10H2,1-3H3,(H,17,18);1H. The van der Waals surface area contributed by atoms with Crippen molar-refractivity contribution in [2.75, 3.05) is 13.6 Å². The Morgan fingerprint density at radius 1 is 1.26 bits per heavy atom. The summed E-state index contributed by atoms with van der Waals surface area (Å²) < 4.78 is 1.07. The first-order valence-corrected chi connectivity index (χ1v) is 6.92. The van der Waals surface area contributed by atoms with Crippen LogP contribution in [0.1, 0.15) is 25.8 Å². The second kappa shape index (κ2) is 8.56. The highest BCUT2D eigenvalue weighted by Gasteiger charge is 2.20. The molecule has 0 aliphatic heterocycles. The molecule has 5 heteroatoms. The largest absolute Gasteiger partial charge is 0.351 e. The Balaban J connectivity index is 0.00000324. The van der Waals surface area contributed by atoms with E-state index in [0.717, 1.165) is 10.9 Å². The van der Waals surface area contributed by atoms with Gasteiger partial charge in [-0.2, -0.15) is 0 Å². The average molecular weight is 350 g/mol. The van der Waals surface area contributed by atoms with Crippen molar-refractivity contribution in [1.29, 1.82) is 0 Å². The second-order valence-corrected chi connectivity index (χ2v) is 6.00. The van der Waals surface area contributed by atoms with Crippen molar-refractivity contribution in [1.82, 2.24) is 10.6 Å². The minimum atomic E-state index is -0.224. The van der Waals surface area contributed by atoms with Gasteiger partial charge in [0.15, 0.2) is 0 Å². The van der Waals surface area contributed by atoms with Gasteiger partial charge in [0.2, 0.25) is 5.91 Å². The summed E-state index contributed by atoms with van der Waals surface area (Å²) >= 11 is 3.42. The van der Waals surface area contributed by atoms with Gasteiger partial charge in [0, 0.05) is 23.0 Å². The van der Waals surface area contributed by atoms with Crippen LogP contribution in [0.25, 0.3) is 0 Å². The SMILES string of the molecule is CNCCC(=O)NC(C)(C)Cc1ccc(Br)cc1.Cl. The highest BCUT2D eigenvalue weighted by Crippen LogP contribution is 2.16. The smallest absolute Gasteiger partial charge is 0.221 e. The second-order valence-electron chi connectivity index (χ2n) is 5.09. The third-order valence-corrected chi connectivity index (χ3v) is 3.17. The molecular formula is C14H22BrClN2O. The summed E-state index contributed by atoms with van der Waals surface area (Å²) in [7, 11) is 1.85. The summed E-state index contributed by atoms with van der Waals surface area (Å²) in [6.07, 6.45) is 1.34. The molecule has 0 aliphatic rings. The Morgan fingerprint density at radius 2 is 1.84 bits per heavy atom. The van der Waals surface area contributed by atoms with E-state index in [1.54, 1.807) is 0 Å². The van der Waals surface area contributed by atoms with Gasteiger partial charge in [-0.15, -0.1) is 12.4 Å². The molecule has 1 rings (SSSR count). The molecule has 0 aliphatic carbocycles. The van der Waals surface area contributed by atoms with Crippen LogP contribution in [-0.2, 0) is 11.2 Å². The fourth-order valence-electron chi connectivity index (χ4n) is 1.84. The van der Waals surface area contributed by atoms with E-state index in [1.165, 1.54) is 5.56 Å². The molecule has 0 heterocycles.